The number of carbonyl (C=O) groups excluding carboxylic acids is 2. The lowest BCUT2D eigenvalue weighted by atomic mass is 10.0. The summed E-state index contributed by atoms with van der Waals surface area (Å²) in [6.07, 6.45) is 4.69. The second-order valence-corrected chi connectivity index (χ2v) is 11.2. The zero-order valence-electron chi connectivity index (χ0n) is 15.8. The summed E-state index contributed by atoms with van der Waals surface area (Å²) in [5.74, 6) is -1.64. The topological polar surface area (TPSA) is 130 Å². The van der Waals surface area contributed by atoms with Gasteiger partial charge in [-0.1, -0.05) is 6.07 Å². The number of thiophene rings is 1. The van der Waals surface area contributed by atoms with E-state index in [1.54, 1.807) is 36.1 Å². The van der Waals surface area contributed by atoms with E-state index >= 15 is 0 Å². The maximum Gasteiger partial charge on any atom is 0.352 e. The van der Waals surface area contributed by atoms with E-state index in [1.807, 2.05) is 0 Å². The first kappa shape index (κ1) is 22.0. The van der Waals surface area contributed by atoms with Crippen LogP contribution in [0.1, 0.15) is 0 Å². The molecule has 2 aliphatic heterocycles. The number of β-lactam (4-membered cyclic amide) rings is 1. The van der Waals surface area contributed by atoms with Crippen LogP contribution < -0.4 is 5.32 Å². The van der Waals surface area contributed by atoms with Crippen LogP contribution in [-0.4, -0.2) is 70.6 Å². The van der Waals surface area contributed by atoms with E-state index in [9.17, 15) is 23.7 Å². The summed E-state index contributed by atoms with van der Waals surface area (Å²) < 4.78 is 12.8. The number of carbonyl (C=O) groups is 3. The van der Waals surface area contributed by atoms with Crippen LogP contribution in [0, 0.1) is 0 Å². The van der Waals surface area contributed by atoms with Gasteiger partial charge in [-0.3, -0.25) is 23.7 Å². The molecule has 2 aromatic rings. The fraction of sp³-hybridized carbons (Fsp3) is 0.278. The average molecular weight is 497 g/mol. The van der Waals surface area contributed by atoms with Gasteiger partial charge in [0.2, 0.25) is 5.91 Å². The van der Waals surface area contributed by atoms with E-state index in [2.05, 4.69) is 15.3 Å². The molecule has 9 nitrogen and oxygen atoms in total. The second kappa shape index (κ2) is 9.51. The van der Waals surface area contributed by atoms with Gasteiger partial charge < -0.3 is 10.4 Å². The Morgan fingerprint density at radius 1 is 1.39 bits per heavy atom. The van der Waals surface area contributed by atoms with Gasteiger partial charge in [0, 0.05) is 23.9 Å². The standard InChI is InChI=1S/C18H16N4O5S4/c23-11(9-31(27)13-2-1-5-28-13)21-14-16(24)22-15(18(25)26)10(8-30-17(14)22)7-29-12-6-19-3-4-20-12/h1-6,14,17H,7-9H2,(H,21,23)(H,25,26). The molecule has 3 atom stereocenters. The van der Waals surface area contributed by atoms with E-state index in [0.29, 0.717) is 26.3 Å². The van der Waals surface area contributed by atoms with Crippen LogP contribution >= 0.6 is 34.9 Å². The Hall–Kier alpha value is -2.22. The number of fused-ring (bicyclic) bond motifs is 1. The lowest BCUT2D eigenvalue weighted by Gasteiger charge is -2.49. The zero-order chi connectivity index (χ0) is 22.0. The summed E-state index contributed by atoms with van der Waals surface area (Å²) in [4.78, 5) is 46.2. The molecule has 2 aliphatic rings. The Labute approximate surface area is 192 Å². The molecule has 4 rings (SSSR count). The third kappa shape index (κ3) is 4.68. The highest BCUT2D eigenvalue weighted by Gasteiger charge is 2.54. The first-order valence-electron chi connectivity index (χ1n) is 8.95. The highest BCUT2D eigenvalue weighted by Crippen LogP contribution is 2.41. The van der Waals surface area contributed by atoms with Gasteiger partial charge in [0.15, 0.2) is 0 Å². The largest absolute Gasteiger partial charge is 0.477 e. The molecule has 0 bridgehead atoms. The highest BCUT2D eigenvalue weighted by molar-refractivity contribution is 8.01. The molecule has 0 aliphatic carbocycles. The molecule has 0 radical (unpaired) electrons. The fourth-order valence-electron chi connectivity index (χ4n) is 3.11. The summed E-state index contributed by atoms with van der Waals surface area (Å²) in [6.45, 7) is 0. The number of nitrogens with one attached hydrogen (secondary N) is 1. The lowest BCUT2D eigenvalue weighted by Crippen LogP contribution is -2.70. The van der Waals surface area contributed by atoms with Crippen molar-refractivity contribution in [2.24, 2.45) is 0 Å². The summed E-state index contributed by atoms with van der Waals surface area (Å²) in [6, 6.07) is 2.61. The number of nitrogens with zero attached hydrogens (tertiary/aromatic N) is 3. The lowest BCUT2D eigenvalue weighted by molar-refractivity contribution is -0.150. The third-order valence-electron chi connectivity index (χ3n) is 4.48. The number of carboxylic acids is 1. The summed E-state index contributed by atoms with van der Waals surface area (Å²) in [5.41, 5.74) is 0.569. The molecular formula is C18H16N4O5S4. The number of carboxylic acid groups (broad SMARTS) is 1. The van der Waals surface area contributed by atoms with Crippen LogP contribution in [0.4, 0.5) is 0 Å². The van der Waals surface area contributed by atoms with Crippen LogP contribution in [0.25, 0.3) is 0 Å². The Bertz CT molecular complexity index is 1060. The maximum atomic E-state index is 12.7. The molecule has 3 unspecified atom stereocenters. The van der Waals surface area contributed by atoms with E-state index < -0.39 is 40.0 Å². The van der Waals surface area contributed by atoms with Crippen molar-refractivity contribution in [1.29, 1.82) is 0 Å². The quantitative estimate of drug-likeness (QED) is 0.409. The number of aromatic nitrogens is 2. The molecular weight excluding hydrogens is 480 g/mol. The van der Waals surface area contributed by atoms with Crippen molar-refractivity contribution in [3.8, 4) is 0 Å². The molecule has 13 heteroatoms. The van der Waals surface area contributed by atoms with Crippen molar-refractivity contribution in [1.82, 2.24) is 20.2 Å². The van der Waals surface area contributed by atoms with Gasteiger partial charge in [0.1, 0.15) is 27.9 Å². The number of hydrogen-bond donors (Lipinski definition) is 2. The zero-order valence-corrected chi connectivity index (χ0v) is 19.1. The van der Waals surface area contributed by atoms with Crippen molar-refractivity contribution in [2.45, 2.75) is 20.7 Å². The molecule has 4 heterocycles. The smallest absolute Gasteiger partial charge is 0.352 e. The van der Waals surface area contributed by atoms with Crippen molar-refractivity contribution >= 4 is 63.4 Å². The van der Waals surface area contributed by atoms with E-state index in [1.165, 1.54) is 39.8 Å². The minimum absolute atomic E-state index is 0.0437. The van der Waals surface area contributed by atoms with E-state index in [4.69, 9.17) is 0 Å². The van der Waals surface area contributed by atoms with Gasteiger partial charge in [-0.15, -0.1) is 34.9 Å². The predicted molar refractivity (Wildman–Crippen MR) is 118 cm³/mol. The Morgan fingerprint density at radius 3 is 2.90 bits per heavy atom. The molecule has 162 valence electrons. The van der Waals surface area contributed by atoms with Crippen molar-refractivity contribution in [3.63, 3.8) is 0 Å². The van der Waals surface area contributed by atoms with Gasteiger partial charge in [0.25, 0.3) is 5.91 Å². The van der Waals surface area contributed by atoms with Crippen LogP contribution in [0.2, 0.25) is 0 Å². The van der Waals surface area contributed by atoms with Gasteiger partial charge in [-0.25, -0.2) is 9.78 Å². The van der Waals surface area contributed by atoms with Crippen LogP contribution in [-0.2, 0) is 25.2 Å². The molecule has 2 amide bonds. The first-order valence-corrected chi connectivity index (χ1v) is 13.2. The van der Waals surface area contributed by atoms with Gasteiger partial charge >= 0.3 is 5.97 Å². The number of thioether (sulfide) groups is 2. The SMILES string of the molecule is O=C(CS(=O)c1cccs1)NC1C(=O)N2C(C(=O)O)=C(CSc3cnccn3)CSC12. The number of amides is 2. The van der Waals surface area contributed by atoms with Gasteiger partial charge in [-0.2, -0.15) is 0 Å². The van der Waals surface area contributed by atoms with Crippen LogP contribution in [0.3, 0.4) is 0 Å². The maximum absolute atomic E-state index is 12.7. The molecule has 0 aromatic carbocycles. The molecule has 1 fully saturated rings. The predicted octanol–water partition coefficient (Wildman–Crippen LogP) is 1.18. The summed E-state index contributed by atoms with van der Waals surface area (Å²) in [7, 11) is -1.48. The van der Waals surface area contributed by atoms with Crippen LogP contribution in [0.15, 0.2) is 56.6 Å². The summed E-state index contributed by atoms with van der Waals surface area (Å²) in [5, 5.41) is 14.3. The molecule has 31 heavy (non-hydrogen) atoms. The number of hydrogen-bond acceptors (Lipinski definition) is 9. The average Bonchev–Trinajstić information content (AvgIpc) is 3.31. The Kier molecular flexibility index (Phi) is 6.74. The number of rotatable bonds is 8. The first-order chi connectivity index (χ1) is 15.0. The Morgan fingerprint density at radius 2 is 2.23 bits per heavy atom. The van der Waals surface area contributed by atoms with Crippen molar-refractivity contribution in [2.75, 3.05) is 17.3 Å². The van der Waals surface area contributed by atoms with Crippen molar-refractivity contribution in [3.05, 3.63) is 47.4 Å². The monoisotopic (exact) mass is 496 g/mol. The molecule has 2 N–H and O–H groups in total. The van der Waals surface area contributed by atoms with Gasteiger partial charge in [-0.05, 0) is 17.0 Å². The van der Waals surface area contributed by atoms with Crippen LogP contribution in [0.5, 0.6) is 0 Å². The summed E-state index contributed by atoms with van der Waals surface area (Å²) >= 11 is 4.03. The molecule has 1 saturated heterocycles. The van der Waals surface area contributed by atoms with Crippen molar-refractivity contribution < 1.29 is 23.7 Å². The third-order valence-corrected chi connectivity index (χ3v) is 9.44. The van der Waals surface area contributed by atoms with E-state index in [0.717, 1.165) is 0 Å². The number of aliphatic carboxylic acids is 1. The minimum atomic E-state index is -1.48. The fourth-order valence-corrected chi connectivity index (χ4v) is 7.34. The Balaban J connectivity index is 1.41. The molecule has 0 saturated carbocycles. The highest BCUT2D eigenvalue weighted by atomic mass is 32.2. The normalized spacial score (nSPS) is 21.3. The molecule has 2 aromatic heterocycles. The van der Waals surface area contributed by atoms with Gasteiger partial charge in [0.05, 0.1) is 21.2 Å². The second-order valence-electron chi connectivity index (χ2n) is 6.47. The molecule has 0 spiro atoms. The van der Waals surface area contributed by atoms with E-state index in [-0.39, 0.29) is 11.4 Å². The minimum Gasteiger partial charge on any atom is -0.477 e.